The van der Waals surface area contributed by atoms with E-state index in [1.807, 2.05) is 11.6 Å². The number of aromatic nitrogens is 3. The van der Waals surface area contributed by atoms with Crippen LogP contribution in [-0.4, -0.2) is 61.4 Å². The van der Waals surface area contributed by atoms with E-state index in [-0.39, 0.29) is 11.9 Å². The average Bonchev–Trinajstić information content (AvgIpc) is 3.10. The Kier molecular flexibility index (Phi) is 6.83. The van der Waals surface area contributed by atoms with Gasteiger partial charge in [0.2, 0.25) is 0 Å². The van der Waals surface area contributed by atoms with Crippen LogP contribution in [0.15, 0.2) is 18.2 Å². The minimum absolute atomic E-state index is 0.275. The van der Waals surface area contributed by atoms with Crippen LogP contribution >= 0.6 is 0 Å². The van der Waals surface area contributed by atoms with E-state index in [4.69, 9.17) is 14.2 Å². The fraction of sp³-hybridized carbons (Fsp3) is 0.526. The molecule has 0 radical (unpaired) electrons. The molecule has 1 aromatic carbocycles. The first-order valence-corrected chi connectivity index (χ1v) is 9.37. The summed E-state index contributed by atoms with van der Waals surface area (Å²) in [4.78, 5) is 12.7. The maximum atomic E-state index is 12.7. The van der Waals surface area contributed by atoms with Crippen molar-refractivity contribution in [1.29, 1.82) is 0 Å². The molecule has 28 heavy (non-hydrogen) atoms. The smallest absolute Gasteiger partial charge is 0.278 e. The van der Waals surface area contributed by atoms with Crippen molar-refractivity contribution in [1.82, 2.24) is 20.3 Å². The molecule has 2 N–H and O–H groups in total. The van der Waals surface area contributed by atoms with E-state index in [9.17, 15) is 4.79 Å². The largest absolute Gasteiger partial charge is 0.493 e. The topological polar surface area (TPSA) is 99.5 Å². The number of hydrogen-bond acceptors (Lipinski definition) is 7. The number of methoxy groups -OCH3 is 2. The molecule has 0 unspecified atom stereocenters. The quantitative estimate of drug-likeness (QED) is 0.664. The van der Waals surface area contributed by atoms with E-state index in [0.717, 1.165) is 31.6 Å². The number of ether oxygens (including phenoxy) is 3. The van der Waals surface area contributed by atoms with Crippen molar-refractivity contribution >= 4 is 11.6 Å². The Bertz CT molecular complexity index is 802. The third kappa shape index (κ3) is 4.60. The molecule has 152 valence electrons. The Morgan fingerprint density at radius 1 is 1.25 bits per heavy atom. The lowest BCUT2D eigenvalue weighted by Crippen LogP contribution is -2.30. The number of nitrogens with one attached hydrogen (secondary N) is 2. The summed E-state index contributed by atoms with van der Waals surface area (Å²) in [6.45, 7) is 4.61. The highest BCUT2D eigenvalue weighted by atomic mass is 16.5. The lowest BCUT2D eigenvalue weighted by Gasteiger charge is -2.23. The predicted octanol–water partition coefficient (Wildman–Crippen LogP) is 1.80. The van der Waals surface area contributed by atoms with Gasteiger partial charge in [-0.1, -0.05) is 5.21 Å². The van der Waals surface area contributed by atoms with Crippen LogP contribution < -0.4 is 20.1 Å². The Hall–Kier alpha value is -2.65. The van der Waals surface area contributed by atoms with Crippen molar-refractivity contribution in [3.8, 4) is 11.5 Å². The number of amides is 1. The summed E-state index contributed by atoms with van der Waals surface area (Å²) in [6.07, 6.45) is 1.96. The summed E-state index contributed by atoms with van der Waals surface area (Å²) in [7, 11) is 3.18. The summed E-state index contributed by atoms with van der Waals surface area (Å²) in [6, 6.07) is 5.50. The Morgan fingerprint density at radius 2 is 2.04 bits per heavy atom. The first-order valence-electron chi connectivity index (χ1n) is 9.37. The standard InChI is InChI=1S/C19H27N5O4/c1-13-18(22-23-24(13)15-6-8-20-9-7-15)19(25)21-14-4-5-16(27-3)17(12-14)28-11-10-26-2/h4-5,12,15,20H,6-11H2,1-3H3,(H,21,25). The van der Waals surface area contributed by atoms with E-state index < -0.39 is 0 Å². The molecule has 0 saturated carbocycles. The van der Waals surface area contributed by atoms with Crippen LogP contribution in [0.5, 0.6) is 11.5 Å². The third-order valence-corrected chi connectivity index (χ3v) is 4.76. The van der Waals surface area contributed by atoms with Gasteiger partial charge in [-0.05, 0) is 45.0 Å². The van der Waals surface area contributed by atoms with E-state index in [0.29, 0.717) is 36.1 Å². The van der Waals surface area contributed by atoms with Gasteiger partial charge >= 0.3 is 0 Å². The van der Waals surface area contributed by atoms with Gasteiger partial charge in [0.25, 0.3) is 5.91 Å². The number of rotatable bonds is 8. The second-order valence-corrected chi connectivity index (χ2v) is 6.61. The summed E-state index contributed by atoms with van der Waals surface area (Å²) < 4.78 is 17.8. The van der Waals surface area contributed by atoms with Gasteiger partial charge in [0.15, 0.2) is 17.2 Å². The third-order valence-electron chi connectivity index (χ3n) is 4.76. The van der Waals surface area contributed by atoms with Crippen molar-refractivity contribution < 1.29 is 19.0 Å². The van der Waals surface area contributed by atoms with Gasteiger partial charge in [0.05, 0.1) is 25.5 Å². The van der Waals surface area contributed by atoms with Gasteiger partial charge in [-0.3, -0.25) is 4.79 Å². The van der Waals surface area contributed by atoms with Crippen molar-refractivity contribution in [3.05, 3.63) is 29.6 Å². The van der Waals surface area contributed by atoms with Gasteiger partial charge in [-0.2, -0.15) is 0 Å². The first-order chi connectivity index (χ1) is 13.6. The zero-order valence-corrected chi connectivity index (χ0v) is 16.5. The molecular formula is C19H27N5O4. The molecule has 1 saturated heterocycles. The first kappa shape index (κ1) is 20.1. The van der Waals surface area contributed by atoms with E-state index in [1.165, 1.54) is 0 Å². The molecule has 1 aromatic heterocycles. The summed E-state index contributed by atoms with van der Waals surface area (Å²) in [5.74, 6) is 0.820. The molecule has 2 heterocycles. The molecule has 1 amide bonds. The molecule has 3 rings (SSSR count). The number of carbonyl (C=O) groups is 1. The molecule has 1 fully saturated rings. The monoisotopic (exact) mass is 389 g/mol. The molecule has 1 aliphatic rings. The highest BCUT2D eigenvalue weighted by Gasteiger charge is 2.23. The molecule has 0 aliphatic carbocycles. The number of piperidine rings is 1. The molecule has 9 heteroatoms. The van der Waals surface area contributed by atoms with E-state index >= 15 is 0 Å². The molecule has 1 aliphatic heterocycles. The van der Waals surface area contributed by atoms with Crippen LogP contribution in [0.3, 0.4) is 0 Å². The Labute approximate surface area is 164 Å². The van der Waals surface area contributed by atoms with Crippen LogP contribution in [0.4, 0.5) is 5.69 Å². The zero-order valence-electron chi connectivity index (χ0n) is 16.5. The molecular weight excluding hydrogens is 362 g/mol. The fourth-order valence-corrected chi connectivity index (χ4v) is 3.24. The number of hydrogen-bond donors (Lipinski definition) is 2. The highest BCUT2D eigenvalue weighted by molar-refractivity contribution is 6.03. The zero-order chi connectivity index (χ0) is 19.9. The van der Waals surface area contributed by atoms with Crippen LogP contribution in [0.25, 0.3) is 0 Å². The van der Waals surface area contributed by atoms with Gasteiger partial charge in [-0.25, -0.2) is 4.68 Å². The SMILES string of the molecule is COCCOc1cc(NC(=O)c2nnn(C3CCNCC3)c2C)ccc1OC. The van der Waals surface area contributed by atoms with Crippen molar-refractivity contribution in [3.63, 3.8) is 0 Å². The molecule has 9 nitrogen and oxygen atoms in total. The fourth-order valence-electron chi connectivity index (χ4n) is 3.24. The second kappa shape index (κ2) is 9.52. The Balaban J connectivity index is 1.72. The van der Waals surface area contributed by atoms with Gasteiger partial charge in [-0.15, -0.1) is 5.10 Å². The van der Waals surface area contributed by atoms with Crippen molar-refractivity contribution in [2.75, 3.05) is 45.8 Å². The van der Waals surface area contributed by atoms with Crippen LogP contribution in [0, 0.1) is 6.92 Å². The minimum atomic E-state index is -0.300. The average molecular weight is 389 g/mol. The normalized spacial score (nSPS) is 14.7. The number of anilines is 1. The maximum Gasteiger partial charge on any atom is 0.278 e. The number of carbonyl (C=O) groups excluding carboxylic acids is 1. The van der Waals surface area contributed by atoms with Crippen LogP contribution in [0.1, 0.15) is 35.1 Å². The maximum absolute atomic E-state index is 12.7. The summed E-state index contributed by atoms with van der Waals surface area (Å²) in [5.41, 5.74) is 1.69. The van der Waals surface area contributed by atoms with Crippen molar-refractivity contribution in [2.24, 2.45) is 0 Å². The van der Waals surface area contributed by atoms with Crippen molar-refractivity contribution in [2.45, 2.75) is 25.8 Å². The molecule has 0 atom stereocenters. The second-order valence-electron chi connectivity index (χ2n) is 6.61. The highest BCUT2D eigenvalue weighted by Crippen LogP contribution is 2.30. The predicted molar refractivity (Wildman–Crippen MR) is 104 cm³/mol. The van der Waals surface area contributed by atoms with Gasteiger partial charge in [0, 0.05) is 18.9 Å². The lowest BCUT2D eigenvalue weighted by atomic mass is 10.1. The molecule has 0 spiro atoms. The number of benzene rings is 1. The summed E-state index contributed by atoms with van der Waals surface area (Å²) in [5, 5.41) is 14.5. The number of nitrogens with zero attached hydrogens (tertiary/aromatic N) is 3. The molecule has 0 bridgehead atoms. The van der Waals surface area contributed by atoms with E-state index in [1.54, 1.807) is 32.4 Å². The summed E-state index contributed by atoms with van der Waals surface area (Å²) >= 11 is 0. The van der Waals surface area contributed by atoms with Crippen LogP contribution in [-0.2, 0) is 4.74 Å². The van der Waals surface area contributed by atoms with E-state index in [2.05, 4.69) is 20.9 Å². The Morgan fingerprint density at radius 3 is 2.75 bits per heavy atom. The van der Waals surface area contributed by atoms with Crippen LogP contribution in [0.2, 0.25) is 0 Å². The molecule has 2 aromatic rings. The van der Waals surface area contributed by atoms with Gasteiger partial charge < -0.3 is 24.8 Å². The lowest BCUT2D eigenvalue weighted by molar-refractivity contribution is 0.102. The minimum Gasteiger partial charge on any atom is -0.493 e. The van der Waals surface area contributed by atoms with Gasteiger partial charge in [0.1, 0.15) is 6.61 Å².